The predicted octanol–water partition coefficient (Wildman–Crippen LogP) is 3.25. The summed E-state index contributed by atoms with van der Waals surface area (Å²) in [5.74, 6) is 0.691. The molecule has 0 saturated carbocycles. The fraction of sp³-hybridized carbons (Fsp3) is 0.708. The maximum absolute atomic E-state index is 12.2. The van der Waals surface area contributed by atoms with Gasteiger partial charge in [-0.2, -0.15) is 0 Å². The molecule has 3 aliphatic rings. The first kappa shape index (κ1) is 23.4. The second-order valence-corrected chi connectivity index (χ2v) is 13.0. The highest BCUT2D eigenvalue weighted by Crippen LogP contribution is 2.42. The van der Waals surface area contributed by atoms with Gasteiger partial charge in [0.05, 0.1) is 4.90 Å². The van der Waals surface area contributed by atoms with Crippen LogP contribution in [0.3, 0.4) is 0 Å². The molecule has 0 aliphatic carbocycles. The van der Waals surface area contributed by atoms with Crippen LogP contribution in [0.15, 0.2) is 29.2 Å². The SMILES string of the molecule is CC(C)(C)OC(=O)N1CCC(CCN2CC3(C2)CN(c2ccc(S(C)(=O)=O)cc2)C3)CC1. The van der Waals surface area contributed by atoms with Crippen LogP contribution < -0.4 is 4.90 Å². The summed E-state index contributed by atoms with van der Waals surface area (Å²) in [5, 5.41) is 0. The number of sulfone groups is 1. The number of rotatable bonds is 5. The summed E-state index contributed by atoms with van der Waals surface area (Å²) in [6.45, 7) is 12.9. The first-order valence-electron chi connectivity index (χ1n) is 11.7. The minimum atomic E-state index is -3.14. The van der Waals surface area contributed by atoms with Gasteiger partial charge < -0.3 is 19.4 Å². The minimum absolute atomic E-state index is 0.180. The summed E-state index contributed by atoms with van der Waals surface area (Å²) in [6, 6.07) is 7.25. The number of anilines is 1. The lowest BCUT2D eigenvalue weighted by atomic mass is 9.72. The molecule has 7 nitrogen and oxygen atoms in total. The molecule has 32 heavy (non-hydrogen) atoms. The third-order valence-corrected chi connectivity index (χ3v) is 8.05. The molecule has 1 amide bonds. The van der Waals surface area contributed by atoms with Crippen molar-refractivity contribution in [2.45, 2.75) is 50.5 Å². The van der Waals surface area contributed by atoms with Crippen molar-refractivity contribution in [3.63, 3.8) is 0 Å². The number of hydrogen-bond acceptors (Lipinski definition) is 6. The standard InChI is InChI=1S/C24H37N3O4S/c1-23(2,3)31-22(28)26-13-10-19(11-14-26)9-12-25-15-24(16-25)17-27(18-24)20-5-7-21(8-6-20)32(4,29)30/h5-8,19H,9-18H2,1-4H3. The number of hydrogen-bond donors (Lipinski definition) is 0. The Morgan fingerprint density at radius 3 is 2.19 bits per heavy atom. The van der Waals surface area contributed by atoms with Crippen LogP contribution in [-0.2, 0) is 14.6 Å². The molecule has 1 aromatic rings. The van der Waals surface area contributed by atoms with Gasteiger partial charge in [-0.3, -0.25) is 0 Å². The molecule has 1 spiro atoms. The van der Waals surface area contributed by atoms with Crippen molar-refractivity contribution in [2.75, 3.05) is 57.0 Å². The lowest BCUT2D eigenvalue weighted by Crippen LogP contribution is -2.72. The molecule has 0 atom stereocenters. The Morgan fingerprint density at radius 2 is 1.66 bits per heavy atom. The van der Waals surface area contributed by atoms with Crippen molar-refractivity contribution in [2.24, 2.45) is 11.3 Å². The quantitative estimate of drug-likeness (QED) is 0.668. The zero-order valence-corrected chi connectivity index (χ0v) is 20.7. The van der Waals surface area contributed by atoms with Gasteiger partial charge in [0.25, 0.3) is 0 Å². The van der Waals surface area contributed by atoms with Gasteiger partial charge in [0, 0.05) is 56.6 Å². The van der Waals surface area contributed by atoms with E-state index in [1.165, 1.54) is 12.7 Å². The molecule has 4 rings (SSSR count). The van der Waals surface area contributed by atoms with Gasteiger partial charge in [-0.05, 0) is 76.8 Å². The fourth-order valence-corrected chi connectivity index (χ4v) is 5.84. The second-order valence-electron chi connectivity index (χ2n) is 11.0. The van der Waals surface area contributed by atoms with Gasteiger partial charge in [0.2, 0.25) is 0 Å². The maximum Gasteiger partial charge on any atom is 0.410 e. The summed E-state index contributed by atoms with van der Waals surface area (Å²) in [6.07, 6.45) is 4.40. The van der Waals surface area contributed by atoms with E-state index in [1.807, 2.05) is 37.8 Å². The molecule has 3 saturated heterocycles. The predicted molar refractivity (Wildman–Crippen MR) is 126 cm³/mol. The maximum atomic E-state index is 12.2. The number of benzene rings is 1. The number of carbonyl (C=O) groups excluding carboxylic acids is 1. The van der Waals surface area contributed by atoms with E-state index in [1.54, 1.807) is 12.1 Å². The molecule has 1 aromatic carbocycles. The van der Waals surface area contributed by atoms with Crippen LogP contribution in [-0.4, -0.2) is 82.0 Å². The van der Waals surface area contributed by atoms with E-state index in [0.29, 0.717) is 16.2 Å². The summed E-state index contributed by atoms with van der Waals surface area (Å²) >= 11 is 0. The zero-order valence-electron chi connectivity index (χ0n) is 19.8. The largest absolute Gasteiger partial charge is 0.444 e. The molecule has 3 heterocycles. The van der Waals surface area contributed by atoms with E-state index in [4.69, 9.17) is 4.74 Å². The van der Waals surface area contributed by atoms with E-state index in [-0.39, 0.29) is 6.09 Å². The molecule has 3 fully saturated rings. The highest BCUT2D eigenvalue weighted by Gasteiger charge is 2.51. The van der Waals surface area contributed by atoms with Crippen LogP contribution in [0.25, 0.3) is 0 Å². The Kier molecular flexibility index (Phi) is 6.22. The van der Waals surface area contributed by atoms with Crippen molar-refractivity contribution in [3.05, 3.63) is 24.3 Å². The van der Waals surface area contributed by atoms with Crippen LogP contribution in [0.2, 0.25) is 0 Å². The Labute approximate surface area is 192 Å². The molecule has 3 aliphatic heterocycles. The van der Waals surface area contributed by atoms with Crippen molar-refractivity contribution < 1.29 is 17.9 Å². The number of piperidine rings is 1. The first-order chi connectivity index (χ1) is 14.9. The van der Waals surface area contributed by atoms with Gasteiger partial charge in [-0.1, -0.05) is 0 Å². The summed E-state index contributed by atoms with van der Waals surface area (Å²) in [5.41, 5.74) is 1.09. The highest BCUT2D eigenvalue weighted by atomic mass is 32.2. The molecule has 178 valence electrons. The Morgan fingerprint density at radius 1 is 1.06 bits per heavy atom. The highest BCUT2D eigenvalue weighted by molar-refractivity contribution is 7.90. The molecule has 0 radical (unpaired) electrons. The molecular weight excluding hydrogens is 426 g/mol. The lowest BCUT2D eigenvalue weighted by molar-refractivity contribution is -0.0264. The molecule has 0 N–H and O–H groups in total. The number of amides is 1. The van der Waals surface area contributed by atoms with Crippen LogP contribution >= 0.6 is 0 Å². The summed E-state index contributed by atoms with van der Waals surface area (Å²) in [7, 11) is -3.14. The third kappa shape index (κ3) is 5.39. The normalized spacial score (nSPS) is 21.9. The number of ether oxygens (including phenoxy) is 1. The number of carbonyl (C=O) groups is 1. The monoisotopic (exact) mass is 463 g/mol. The van der Waals surface area contributed by atoms with Crippen molar-refractivity contribution in [3.8, 4) is 0 Å². The van der Waals surface area contributed by atoms with E-state index in [2.05, 4.69) is 9.80 Å². The Hall–Kier alpha value is -1.80. The summed E-state index contributed by atoms with van der Waals surface area (Å²) < 4.78 is 28.7. The Bertz CT molecular complexity index is 917. The van der Waals surface area contributed by atoms with Gasteiger partial charge >= 0.3 is 6.09 Å². The van der Waals surface area contributed by atoms with Crippen molar-refractivity contribution in [1.29, 1.82) is 0 Å². The first-order valence-corrected chi connectivity index (χ1v) is 13.6. The summed E-state index contributed by atoms with van der Waals surface area (Å²) in [4.78, 5) is 19.3. The number of nitrogens with zero attached hydrogens (tertiary/aromatic N) is 3. The second kappa shape index (κ2) is 8.52. The lowest BCUT2D eigenvalue weighted by Gasteiger charge is -2.61. The topological polar surface area (TPSA) is 70.2 Å². The smallest absolute Gasteiger partial charge is 0.410 e. The van der Waals surface area contributed by atoms with Crippen molar-refractivity contribution in [1.82, 2.24) is 9.80 Å². The fourth-order valence-electron chi connectivity index (χ4n) is 5.21. The van der Waals surface area contributed by atoms with E-state index in [0.717, 1.165) is 64.3 Å². The van der Waals surface area contributed by atoms with Crippen LogP contribution in [0.5, 0.6) is 0 Å². The minimum Gasteiger partial charge on any atom is -0.444 e. The van der Waals surface area contributed by atoms with E-state index in [9.17, 15) is 13.2 Å². The third-order valence-electron chi connectivity index (χ3n) is 6.92. The van der Waals surface area contributed by atoms with Crippen LogP contribution in [0, 0.1) is 11.3 Å². The van der Waals surface area contributed by atoms with Gasteiger partial charge in [0.1, 0.15) is 5.60 Å². The van der Waals surface area contributed by atoms with E-state index >= 15 is 0 Å². The molecule has 0 bridgehead atoms. The van der Waals surface area contributed by atoms with Crippen LogP contribution in [0.1, 0.15) is 40.0 Å². The van der Waals surface area contributed by atoms with Gasteiger partial charge in [0.15, 0.2) is 9.84 Å². The van der Waals surface area contributed by atoms with Crippen LogP contribution in [0.4, 0.5) is 10.5 Å². The molecule has 0 unspecified atom stereocenters. The van der Waals surface area contributed by atoms with E-state index < -0.39 is 15.4 Å². The zero-order chi connectivity index (χ0) is 23.1. The molecule has 0 aromatic heterocycles. The molecule has 8 heteroatoms. The van der Waals surface area contributed by atoms with Gasteiger partial charge in [-0.15, -0.1) is 0 Å². The molecular formula is C24H37N3O4S. The van der Waals surface area contributed by atoms with Gasteiger partial charge in [-0.25, -0.2) is 13.2 Å². The number of likely N-dealkylation sites (tertiary alicyclic amines) is 2. The Balaban J connectivity index is 1.13. The van der Waals surface area contributed by atoms with Crippen molar-refractivity contribution >= 4 is 21.6 Å². The average molecular weight is 464 g/mol. The average Bonchev–Trinajstić information content (AvgIpc) is 2.64.